The molecule has 19 heavy (non-hydrogen) atoms. The first-order valence-corrected chi connectivity index (χ1v) is 7.38. The van der Waals surface area contributed by atoms with E-state index in [-0.39, 0.29) is 4.87 Å². The van der Waals surface area contributed by atoms with E-state index in [2.05, 4.69) is 15.3 Å². The Labute approximate surface area is 119 Å². The van der Waals surface area contributed by atoms with Crippen molar-refractivity contribution in [1.82, 2.24) is 15.3 Å². The maximum Gasteiger partial charge on any atom is 0.304 e. The van der Waals surface area contributed by atoms with E-state index in [1.165, 1.54) is 11.3 Å². The first-order valence-electron chi connectivity index (χ1n) is 5.68. The van der Waals surface area contributed by atoms with Gasteiger partial charge in [0.25, 0.3) is 0 Å². The standard InChI is InChI=1S/C11H16N4O2S2/c1-15(2)10-14-9(17-3)8(19-10)5-12-4-7-6-18-11(16)13-7/h6,12H,4-5H2,1-3H3,(H,13,16). The van der Waals surface area contributed by atoms with Crippen molar-refractivity contribution in [2.45, 2.75) is 13.1 Å². The first-order chi connectivity index (χ1) is 9.10. The van der Waals surface area contributed by atoms with Gasteiger partial charge in [-0.2, -0.15) is 4.98 Å². The minimum absolute atomic E-state index is 0.0259. The van der Waals surface area contributed by atoms with E-state index in [0.717, 1.165) is 15.7 Å². The number of thiazole rings is 2. The SMILES string of the molecule is COc1nc(N(C)C)sc1CNCc1csc(=O)[nH]1. The molecule has 2 aromatic rings. The third kappa shape index (κ3) is 3.55. The summed E-state index contributed by atoms with van der Waals surface area (Å²) in [7, 11) is 5.52. The molecule has 104 valence electrons. The molecule has 0 unspecified atom stereocenters. The lowest BCUT2D eigenvalue weighted by molar-refractivity contribution is 0.394. The van der Waals surface area contributed by atoms with Gasteiger partial charge in [0.2, 0.25) is 5.88 Å². The zero-order valence-corrected chi connectivity index (χ0v) is 12.7. The van der Waals surface area contributed by atoms with Crippen molar-refractivity contribution in [2.24, 2.45) is 0 Å². The van der Waals surface area contributed by atoms with Crippen LogP contribution in [0.2, 0.25) is 0 Å². The monoisotopic (exact) mass is 300 g/mol. The van der Waals surface area contributed by atoms with Gasteiger partial charge in [0, 0.05) is 38.3 Å². The number of ether oxygens (including phenoxy) is 1. The summed E-state index contributed by atoms with van der Waals surface area (Å²) >= 11 is 2.76. The molecule has 0 aliphatic heterocycles. The number of rotatable bonds is 6. The van der Waals surface area contributed by atoms with Gasteiger partial charge in [-0.05, 0) is 0 Å². The molecule has 0 aliphatic rings. The Kier molecular flexibility index (Phi) is 4.56. The quantitative estimate of drug-likeness (QED) is 0.840. The highest BCUT2D eigenvalue weighted by Crippen LogP contribution is 2.30. The molecule has 6 nitrogen and oxygen atoms in total. The second-order valence-electron chi connectivity index (χ2n) is 4.10. The van der Waals surface area contributed by atoms with Crippen molar-refractivity contribution in [3.8, 4) is 5.88 Å². The van der Waals surface area contributed by atoms with Crippen molar-refractivity contribution in [1.29, 1.82) is 0 Å². The fourth-order valence-electron chi connectivity index (χ4n) is 1.50. The van der Waals surface area contributed by atoms with Crippen LogP contribution in [0, 0.1) is 0 Å². The van der Waals surface area contributed by atoms with Crippen molar-refractivity contribution in [3.05, 3.63) is 25.6 Å². The van der Waals surface area contributed by atoms with E-state index in [1.54, 1.807) is 18.4 Å². The van der Waals surface area contributed by atoms with Crippen molar-refractivity contribution < 1.29 is 4.74 Å². The lowest BCUT2D eigenvalue weighted by Crippen LogP contribution is -2.13. The average molecular weight is 300 g/mol. The molecule has 0 bridgehead atoms. The van der Waals surface area contributed by atoms with E-state index < -0.39 is 0 Å². The molecule has 0 amide bonds. The van der Waals surface area contributed by atoms with Crippen molar-refractivity contribution in [3.63, 3.8) is 0 Å². The van der Waals surface area contributed by atoms with Crippen LogP contribution in [0.25, 0.3) is 0 Å². The Hall–Kier alpha value is -1.38. The molecule has 0 saturated heterocycles. The molecular weight excluding hydrogens is 284 g/mol. The maximum atomic E-state index is 11.0. The predicted octanol–water partition coefficient (Wildman–Crippen LogP) is 1.26. The zero-order valence-electron chi connectivity index (χ0n) is 11.0. The Morgan fingerprint density at radius 1 is 1.47 bits per heavy atom. The Balaban J connectivity index is 1.96. The number of aromatic nitrogens is 2. The number of nitrogens with zero attached hydrogens (tertiary/aromatic N) is 2. The third-order valence-corrected chi connectivity index (χ3v) is 4.32. The van der Waals surface area contributed by atoms with Gasteiger partial charge in [0.05, 0.1) is 12.0 Å². The fraction of sp³-hybridized carbons (Fsp3) is 0.455. The lowest BCUT2D eigenvalue weighted by Gasteiger charge is -2.05. The second-order valence-corrected chi connectivity index (χ2v) is 6.00. The van der Waals surface area contributed by atoms with Gasteiger partial charge in [-0.3, -0.25) is 4.79 Å². The Morgan fingerprint density at radius 2 is 2.26 bits per heavy atom. The van der Waals surface area contributed by atoms with E-state index in [4.69, 9.17) is 4.74 Å². The van der Waals surface area contributed by atoms with Gasteiger partial charge in [0.1, 0.15) is 0 Å². The molecule has 0 aliphatic carbocycles. The van der Waals surface area contributed by atoms with Crippen molar-refractivity contribution >= 4 is 27.8 Å². The number of aromatic amines is 1. The van der Waals surface area contributed by atoms with Crippen LogP contribution in [0.5, 0.6) is 5.88 Å². The maximum absolute atomic E-state index is 11.0. The van der Waals surface area contributed by atoms with E-state index in [0.29, 0.717) is 19.0 Å². The second kappa shape index (κ2) is 6.18. The number of hydrogen-bond donors (Lipinski definition) is 2. The molecule has 0 radical (unpaired) electrons. The van der Waals surface area contributed by atoms with E-state index in [1.807, 2.05) is 24.4 Å². The minimum Gasteiger partial charge on any atom is -0.480 e. The zero-order chi connectivity index (χ0) is 13.8. The largest absolute Gasteiger partial charge is 0.480 e. The van der Waals surface area contributed by atoms with Crippen LogP contribution in [-0.4, -0.2) is 31.2 Å². The van der Waals surface area contributed by atoms with Crippen LogP contribution < -0.4 is 19.8 Å². The number of H-pyrrole nitrogens is 1. The lowest BCUT2D eigenvalue weighted by atomic mass is 10.4. The average Bonchev–Trinajstić information content (AvgIpc) is 2.96. The summed E-state index contributed by atoms with van der Waals surface area (Å²) in [6.07, 6.45) is 0. The van der Waals surface area contributed by atoms with Gasteiger partial charge < -0.3 is 19.9 Å². The Bertz CT molecular complexity index is 588. The van der Waals surface area contributed by atoms with Gasteiger partial charge in [-0.15, -0.1) is 0 Å². The molecular formula is C11H16N4O2S2. The molecule has 0 spiro atoms. The Morgan fingerprint density at radius 3 is 2.84 bits per heavy atom. The molecule has 8 heteroatoms. The molecule has 0 fully saturated rings. The number of nitrogens with one attached hydrogen (secondary N) is 2. The van der Waals surface area contributed by atoms with Crippen LogP contribution in [0.15, 0.2) is 10.2 Å². The summed E-state index contributed by atoms with van der Waals surface area (Å²) in [5, 5.41) is 6.01. The topological polar surface area (TPSA) is 70.2 Å². The van der Waals surface area contributed by atoms with Crippen LogP contribution >= 0.6 is 22.7 Å². The van der Waals surface area contributed by atoms with Crippen LogP contribution in [0.3, 0.4) is 0 Å². The summed E-state index contributed by atoms with van der Waals surface area (Å²) in [5.41, 5.74) is 0.895. The summed E-state index contributed by atoms with van der Waals surface area (Å²) in [4.78, 5) is 21.1. The highest BCUT2D eigenvalue weighted by molar-refractivity contribution is 7.15. The number of hydrogen-bond acceptors (Lipinski definition) is 7. The van der Waals surface area contributed by atoms with Crippen molar-refractivity contribution in [2.75, 3.05) is 26.1 Å². The molecule has 0 aromatic carbocycles. The van der Waals surface area contributed by atoms with Gasteiger partial charge >= 0.3 is 4.87 Å². The smallest absolute Gasteiger partial charge is 0.304 e. The molecule has 2 aromatic heterocycles. The predicted molar refractivity (Wildman–Crippen MR) is 78.5 cm³/mol. The molecule has 0 atom stereocenters. The molecule has 2 N–H and O–H groups in total. The van der Waals surface area contributed by atoms with Gasteiger partial charge in [0.15, 0.2) is 5.13 Å². The highest BCUT2D eigenvalue weighted by Gasteiger charge is 2.12. The van der Waals surface area contributed by atoms with Crippen LogP contribution in [-0.2, 0) is 13.1 Å². The van der Waals surface area contributed by atoms with Gasteiger partial charge in [-0.1, -0.05) is 22.7 Å². The van der Waals surface area contributed by atoms with Gasteiger partial charge in [-0.25, -0.2) is 0 Å². The minimum atomic E-state index is -0.0259. The first kappa shape index (κ1) is 14.0. The summed E-state index contributed by atoms with van der Waals surface area (Å²) in [5.74, 6) is 0.653. The summed E-state index contributed by atoms with van der Waals surface area (Å²) in [6.45, 7) is 1.28. The third-order valence-electron chi connectivity index (χ3n) is 2.40. The number of methoxy groups -OCH3 is 1. The van der Waals surface area contributed by atoms with E-state index >= 15 is 0 Å². The number of anilines is 1. The van der Waals surface area contributed by atoms with E-state index in [9.17, 15) is 4.79 Å². The normalized spacial score (nSPS) is 10.7. The fourth-order valence-corrected chi connectivity index (χ4v) is 3.00. The molecule has 2 heterocycles. The summed E-state index contributed by atoms with van der Waals surface area (Å²) < 4.78 is 5.26. The molecule has 2 rings (SSSR count). The highest BCUT2D eigenvalue weighted by atomic mass is 32.1. The van der Waals surface area contributed by atoms with Crippen LogP contribution in [0.1, 0.15) is 10.6 Å². The molecule has 0 saturated carbocycles. The van der Waals surface area contributed by atoms with Crippen LogP contribution in [0.4, 0.5) is 5.13 Å². The summed E-state index contributed by atoms with van der Waals surface area (Å²) in [6, 6.07) is 0.